The minimum absolute atomic E-state index is 0.122. The van der Waals surface area contributed by atoms with E-state index in [1.165, 1.54) is 0 Å². The molecule has 1 aliphatic heterocycles. The van der Waals surface area contributed by atoms with Crippen molar-refractivity contribution < 1.29 is 23.5 Å². The number of carboxylic acid groups (broad SMARTS) is 1. The van der Waals surface area contributed by atoms with Crippen LogP contribution in [0.5, 0.6) is 0 Å². The van der Waals surface area contributed by atoms with Gasteiger partial charge in [0.05, 0.1) is 11.3 Å². The lowest BCUT2D eigenvalue weighted by atomic mass is 10.1. The van der Waals surface area contributed by atoms with Crippen LogP contribution in [0.15, 0.2) is 12.1 Å². The van der Waals surface area contributed by atoms with E-state index in [0.717, 1.165) is 11.0 Å². The predicted molar refractivity (Wildman–Crippen MR) is 63.0 cm³/mol. The van der Waals surface area contributed by atoms with Crippen LogP contribution in [0.1, 0.15) is 16.8 Å². The van der Waals surface area contributed by atoms with Crippen molar-refractivity contribution in [2.24, 2.45) is 0 Å². The van der Waals surface area contributed by atoms with Gasteiger partial charge in [-0.3, -0.25) is 4.79 Å². The van der Waals surface area contributed by atoms with Gasteiger partial charge in [0.1, 0.15) is 11.6 Å². The van der Waals surface area contributed by atoms with Crippen LogP contribution in [0.3, 0.4) is 0 Å². The van der Waals surface area contributed by atoms with Gasteiger partial charge in [0.25, 0.3) is 0 Å². The number of hydrogen-bond donors (Lipinski definition) is 1. The van der Waals surface area contributed by atoms with Crippen molar-refractivity contribution in [2.75, 3.05) is 11.4 Å². The average molecular weight is 320 g/mol. The number of carbonyl (C=O) groups excluding carboxylic acids is 1. The van der Waals surface area contributed by atoms with E-state index >= 15 is 0 Å². The lowest BCUT2D eigenvalue weighted by molar-refractivity contribution is -0.117. The van der Waals surface area contributed by atoms with E-state index in [2.05, 4.69) is 15.9 Å². The number of carbonyl (C=O) groups is 2. The molecule has 1 aromatic carbocycles. The Morgan fingerprint density at radius 3 is 2.56 bits per heavy atom. The third-order valence-electron chi connectivity index (χ3n) is 2.64. The van der Waals surface area contributed by atoms with Crippen LogP contribution < -0.4 is 4.90 Å². The zero-order chi connectivity index (χ0) is 13.4. The first-order chi connectivity index (χ1) is 8.40. The fourth-order valence-corrected chi connectivity index (χ4v) is 2.37. The normalized spacial score (nSPS) is 19.4. The highest BCUT2D eigenvalue weighted by Crippen LogP contribution is 2.29. The molecular weight excluding hydrogens is 312 g/mol. The summed E-state index contributed by atoms with van der Waals surface area (Å²) in [4.78, 5) is 23.4. The van der Waals surface area contributed by atoms with Crippen LogP contribution in [0, 0.1) is 11.6 Å². The van der Waals surface area contributed by atoms with E-state index < -0.39 is 23.2 Å². The third kappa shape index (κ3) is 2.22. The second kappa shape index (κ2) is 4.64. The molecule has 18 heavy (non-hydrogen) atoms. The van der Waals surface area contributed by atoms with Gasteiger partial charge in [-0.2, -0.15) is 0 Å². The topological polar surface area (TPSA) is 57.6 Å². The summed E-state index contributed by atoms with van der Waals surface area (Å²) >= 11 is 3.23. The maximum absolute atomic E-state index is 13.6. The molecule has 0 radical (unpaired) electrons. The molecule has 1 atom stereocenters. The summed E-state index contributed by atoms with van der Waals surface area (Å²) in [7, 11) is 0. The van der Waals surface area contributed by atoms with E-state index in [1.54, 1.807) is 0 Å². The Balaban J connectivity index is 2.48. The molecule has 1 aromatic rings. The van der Waals surface area contributed by atoms with Crippen LogP contribution in [0.2, 0.25) is 0 Å². The predicted octanol–water partition coefficient (Wildman–Crippen LogP) is 2.16. The number of nitrogens with zero attached hydrogens (tertiary/aromatic N) is 1. The lowest BCUT2D eigenvalue weighted by Crippen LogP contribution is -2.26. The molecule has 7 heteroatoms. The minimum Gasteiger partial charge on any atom is -0.478 e. The Morgan fingerprint density at radius 1 is 1.39 bits per heavy atom. The largest absolute Gasteiger partial charge is 0.478 e. The highest BCUT2D eigenvalue weighted by molar-refractivity contribution is 9.09. The molecule has 96 valence electrons. The van der Waals surface area contributed by atoms with Gasteiger partial charge < -0.3 is 10.0 Å². The summed E-state index contributed by atoms with van der Waals surface area (Å²) in [6.07, 6.45) is 0.194. The second-order valence-corrected chi connectivity index (χ2v) is 5.19. The number of amides is 1. The lowest BCUT2D eigenvalue weighted by Gasteiger charge is -2.17. The van der Waals surface area contributed by atoms with Crippen molar-refractivity contribution in [3.05, 3.63) is 29.3 Å². The van der Waals surface area contributed by atoms with Crippen LogP contribution >= 0.6 is 15.9 Å². The molecule has 0 saturated carbocycles. The highest BCUT2D eigenvalue weighted by atomic mass is 79.9. The fourth-order valence-electron chi connectivity index (χ4n) is 1.81. The average Bonchev–Trinajstić information content (AvgIpc) is 2.57. The molecular formula is C11H8BrF2NO3. The first-order valence-corrected chi connectivity index (χ1v) is 5.98. The van der Waals surface area contributed by atoms with Crippen LogP contribution in [-0.2, 0) is 4.79 Å². The highest BCUT2D eigenvalue weighted by Gasteiger charge is 2.31. The molecule has 1 fully saturated rings. The molecule has 1 aliphatic rings. The summed E-state index contributed by atoms with van der Waals surface area (Å²) in [6, 6.07) is 1.32. The minimum atomic E-state index is -1.50. The number of aromatic carboxylic acids is 1. The van der Waals surface area contributed by atoms with Gasteiger partial charge in [-0.15, -0.1) is 0 Å². The molecule has 0 bridgehead atoms. The Hall–Kier alpha value is -1.50. The van der Waals surface area contributed by atoms with Gasteiger partial charge in [-0.1, -0.05) is 15.9 Å². The maximum Gasteiger partial charge on any atom is 0.338 e. The van der Waals surface area contributed by atoms with E-state index in [4.69, 9.17) is 5.11 Å². The number of alkyl halides is 1. The number of rotatable bonds is 2. The molecule has 1 N–H and O–H groups in total. The summed E-state index contributed by atoms with van der Waals surface area (Å²) in [6.45, 7) is 0.223. The standard InChI is InChI=1S/C11H8BrF2NO3/c12-5-1-10(16)15(4-5)9-2-6(11(17)18)7(13)3-8(9)14/h2-3,5H,1,4H2,(H,17,18). The SMILES string of the molecule is O=C(O)c1cc(N2CC(Br)CC2=O)c(F)cc1F. The number of anilines is 1. The molecule has 1 amide bonds. The van der Waals surface area contributed by atoms with Gasteiger partial charge in [0, 0.05) is 23.9 Å². The molecule has 0 aliphatic carbocycles. The van der Waals surface area contributed by atoms with Crippen LogP contribution in [-0.4, -0.2) is 28.4 Å². The first-order valence-electron chi connectivity index (χ1n) is 5.07. The molecule has 1 saturated heterocycles. The summed E-state index contributed by atoms with van der Waals surface area (Å²) < 4.78 is 26.8. The van der Waals surface area contributed by atoms with E-state index in [0.29, 0.717) is 6.07 Å². The van der Waals surface area contributed by atoms with E-state index in [1.807, 2.05) is 0 Å². The van der Waals surface area contributed by atoms with Crippen molar-refractivity contribution in [1.82, 2.24) is 0 Å². The number of benzene rings is 1. The van der Waals surface area contributed by atoms with Crippen LogP contribution in [0.25, 0.3) is 0 Å². The van der Waals surface area contributed by atoms with Crippen molar-refractivity contribution in [2.45, 2.75) is 11.2 Å². The Labute approximate surface area is 109 Å². The summed E-state index contributed by atoms with van der Waals surface area (Å²) in [5, 5.41) is 8.77. The summed E-state index contributed by atoms with van der Waals surface area (Å²) in [5.74, 6) is -3.95. The van der Waals surface area contributed by atoms with Crippen molar-refractivity contribution in [3.8, 4) is 0 Å². The van der Waals surface area contributed by atoms with Crippen molar-refractivity contribution in [1.29, 1.82) is 0 Å². The monoisotopic (exact) mass is 319 g/mol. The van der Waals surface area contributed by atoms with Crippen LogP contribution in [0.4, 0.5) is 14.5 Å². The Kier molecular flexibility index (Phi) is 3.34. The van der Waals surface area contributed by atoms with Gasteiger partial charge >= 0.3 is 5.97 Å². The summed E-state index contributed by atoms with van der Waals surface area (Å²) in [5.41, 5.74) is -0.863. The first kappa shape index (κ1) is 12.9. The molecule has 1 unspecified atom stereocenters. The second-order valence-electron chi connectivity index (χ2n) is 3.89. The number of carboxylic acids is 1. The van der Waals surface area contributed by atoms with Gasteiger partial charge in [0.15, 0.2) is 0 Å². The van der Waals surface area contributed by atoms with Gasteiger partial charge in [-0.25, -0.2) is 13.6 Å². The van der Waals surface area contributed by atoms with E-state index in [9.17, 15) is 18.4 Å². The van der Waals surface area contributed by atoms with Crippen molar-refractivity contribution in [3.63, 3.8) is 0 Å². The molecule has 0 spiro atoms. The molecule has 4 nitrogen and oxygen atoms in total. The fraction of sp³-hybridized carbons (Fsp3) is 0.273. The molecule has 1 heterocycles. The Bertz CT molecular complexity index is 535. The van der Waals surface area contributed by atoms with Crippen molar-refractivity contribution >= 4 is 33.5 Å². The van der Waals surface area contributed by atoms with Gasteiger partial charge in [-0.05, 0) is 6.07 Å². The zero-order valence-electron chi connectivity index (χ0n) is 8.99. The smallest absolute Gasteiger partial charge is 0.338 e. The quantitative estimate of drug-likeness (QED) is 0.850. The number of hydrogen-bond acceptors (Lipinski definition) is 2. The molecule has 2 rings (SSSR count). The Morgan fingerprint density at radius 2 is 2.06 bits per heavy atom. The third-order valence-corrected chi connectivity index (χ3v) is 3.25. The maximum atomic E-state index is 13.6. The van der Waals surface area contributed by atoms with E-state index in [-0.39, 0.29) is 29.4 Å². The number of halogens is 3. The van der Waals surface area contributed by atoms with Gasteiger partial charge in [0.2, 0.25) is 5.91 Å². The zero-order valence-corrected chi connectivity index (χ0v) is 10.6. The molecule has 0 aromatic heterocycles.